The molecule has 0 aromatic carbocycles. The molecule has 1 amide bonds. The predicted molar refractivity (Wildman–Crippen MR) is 55.1 cm³/mol. The van der Waals surface area contributed by atoms with E-state index in [0.29, 0.717) is 13.0 Å². The maximum absolute atomic E-state index is 11.3. The smallest absolute Gasteiger partial charge is 0.222 e. The molecule has 1 aliphatic rings. The first-order chi connectivity index (χ1) is 6.66. The van der Waals surface area contributed by atoms with Crippen molar-refractivity contribution >= 4 is 5.91 Å². The van der Waals surface area contributed by atoms with E-state index < -0.39 is 0 Å². The van der Waals surface area contributed by atoms with Crippen molar-refractivity contribution in [1.82, 2.24) is 10.6 Å². The van der Waals surface area contributed by atoms with Crippen LogP contribution in [0.1, 0.15) is 26.2 Å². The van der Waals surface area contributed by atoms with Crippen LogP contribution in [0.2, 0.25) is 0 Å². The fourth-order valence-corrected chi connectivity index (χ4v) is 1.68. The molecule has 1 rings (SSSR count). The van der Waals surface area contributed by atoms with Gasteiger partial charge in [-0.1, -0.05) is 0 Å². The first kappa shape index (κ1) is 11.5. The van der Waals surface area contributed by atoms with Crippen LogP contribution in [0.3, 0.4) is 0 Å². The Morgan fingerprint density at radius 3 is 3.00 bits per heavy atom. The largest absolute Gasteiger partial charge is 0.384 e. The van der Waals surface area contributed by atoms with E-state index in [1.54, 1.807) is 7.11 Å². The summed E-state index contributed by atoms with van der Waals surface area (Å²) in [6.07, 6.45) is 2.79. The number of carbonyl (C=O) groups excluding carboxylic acids is 1. The highest BCUT2D eigenvalue weighted by Gasteiger charge is 2.27. The molecule has 82 valence electrons. The molecular formula is C10H20N2O2. The lowest BCUT2D eigenvalue weighted by Crippen LogP contribution is -2.47. The maximum Gasteiger partial charge on any atom is 0.222 e. The van der Waals surface area contributed by atoms with Crippen LogP contribution >= 0.6 is 0 Å². The third-order valence-electron chi connectivity index (χ3n) is 2.67. The first-order valence-corrected chi connectivity index (χ1v) is 5.17. The van der Waals surface area contributed by atoms with E-state index in [-0.39, 0.29) is 11.4 Å². The van der Waals surface area contributed by atoms with E-state index in [2.05, 4.69) is 17.6 Å². The molecular weight excluding hydrogens is 180 g/mol. The molecule has 1 aliphatic heterocycles. The summed E-state index contributed by atoms with van der Waals surface area (Å²) in [5, 5.41) is 6.32. The SMILES string of the molecule is COCCC(=O)NCC1(C)CCCN1. The molecule has 0 aromatic heterocycles. The van der Waals surface area contributed by atoms with Crippen LogP contribution in [0.25, 0.3) is 0 Å². The Morgan fingerprint density at radius 2 is 2.43 bits per heavy atom. The van der Waals surface area contributed by atoms with Gasteiger partial charge >= 0.3 is 0 Å². The normalized spacial score (nSPS) is 26.4. The summed E-state index contributed by atoms with van der Waals surface area (Å²) in [6.45, 7) is 4.42. The zero-order valence-electron chi connectivity index (χ0n) is 9.06. The van der Waals surface area contributed by atoms with Crippen molar-refractivity contribution in [2.45, 2.75) is 31.7 Å². The van der Waals surface area contributed by atoms with Crippen molar-refractivity contribution in [2.24, 2.45) is 0 Å². The molecule has 0 aromatic rings. The van der Waals surface area contributed by atoms with E-state index >= 15 is 0 Å². The molecule has 1 heterocycles. The van der Waals surface area contributed by atoms with Crippen molar-refractivity contribution in [1.29, 1.82) is 0 Å². The number of carbonyl (C=O) groups is 1. The second kappa shape index (κ2) is 5.32. The number of hydrogen-bond donors (Lipinski definition) is 2. The van der Waals surface area contributed by atoms with E-state index in [0.717, 1.165) is 19.5 Å². The number of nitrogens with one attached hydrogen (secondary N) is 2. The van der Waals surface area contributed by atoms with E-state index in [9.17, 15) is 4.79 Å². The second-order valence-corrected chi connectivity index (χ2v) is 4.11. The van der Waals surface area contributed by atoms with Crippen molar-refractivity contribution < 1.29 is 9.53 Å². The molecule has 0 bridgehead atoms. The highest BCUT2D eigenvalue weighted by molar-refractivity contribution is 5.76. The number of methoxy groups -OCH3 is 1. The summed E-state index contributed by atoms with van der Waals surface area (Å²) < 4.78 is 4.83. The molecule has 0 radical (unpaired) electrons. The molecule has 1 unspecified atom stereocenters. The summed E-state index contributed by atoms with van der Waals surface area (Å²) in [4.78, 5) is 11.3. The minimum atomic E-state index is 0.0711. The number of amides is 1. The highest BCUT2D eigenvalue weighted by atomic mass is 16.5. The monoisotopic (exact) mass is 200 g/mol. The van der Waals surface area contributed by atoms with Gasteiger partial charge in [0.1, 0.15) is 0 Å². The number of hydrogen-bond acceptors (Lipinski definition) is 3. The van der Waals surface area contributed by atoms with Crippen LogP contribution in [0.15, 0.2) is 0 Å². The van der Waals surface area contributed by atoms with E-state index in [4.69, 9.17) is 4.74 Å². The third-order valence-corrected chi connectivity index (χ3v) is 2.67. The van der Waals surface area contributed by atoms with Crippen LogP contribution in [-0.4, -0.2) is 38.3 Å². The van der Waals surface area contributed by atoms with Crippen LogP contribution in [-0.2, 0) is 9.53 Å². The Bertz CT molecular complexity index is 189. The maximum atomic E-state index is 11.3. The van der Waals surface area contributed by atoms with Crippen molar-refractivity contribution in [3.63, 3.8) is 0 Å². The lowest BCUT2D eigenvalue weighted by molar-refractivity contribution is -0.122. The van der Waals surface area contributed by atoms with Gasteiger partial charge in [0.05, 0.1) is 6.61 Å². The summed E-state index contributed by atoms with van der Waals surface area (Å²) >= 11 is 0. The summed E-state index contributed by atoms with van der Waals surface area (Å²) in [7, 11) is 1.60. The summed E-state index contributed by atoms with van der Waals surface area (Å²) in [5.74, 6) is 0.0711. The van der Waals surface area contributed by atoms with Crippen LogP contribution in [0, 0.1) is 0 Å². The van der Waals surface area contributed by atoms with Crippen LogP contribution in [0.5, 0.6) is 0 Å². The zero-order chi connectivity index (χ0) is 10.4. The predicted octanol–water partition coefficient (Wildman–Crippen LogP) is 0.281. The quantitative estimate of drug-likeness (QED) is 0.670. The van der Waals surface area contributed by atoms with Gasteiger partial charge < -0.3 is 15.4 Å². The van der Waals surface area contributed by atoms with Crippen LogP contribution in [0.4, 0.5) is 0 Å². The molecule has 2 N–H and O–H groups in total. The van der Waals surface area contributed by atoms with Crippen molar-refractivity contribution in [2.75, 3.05) is 26.8 Å². The fraction of sp³-hybridized carbons (Fsp3) is 0.900. The number of rotatable bonds is 5. The average Bonchev–Trinajstić information content (AvgIpc) is 2.60. The molecule has 4 heteroatoms. The van der Waals surface area contributed by atoms with Crippen molar-refractivity contribution in [3.05, 3.63) is 0 Å². The Hall–Kier alpha value is -0.610. The summed E-state index contributed by atoms with van der Waals surface area (Å²) in [5.41, 5.74) is 0.0999. The molecule has 0 spiro atoms. The van der Waals surface area contributed by atoms with Crippen LogP contribution < -0.4 is 10.6 Å². The number of ether oxygens (including phenoxy) is 1. The zero-order valence-corrected chi connectivity index (χ0v) is 9.06. The summed E-state index contributed by atoms with van der Waals surface area (Å²) in [6, 6.07) is 0. The van der Waals surface area contributed by atoms with E-state index in [1.807, 2.05) is 0 Å². The third kappa shape index (κ3) is 3.64. The Labute approximate surface area is 85.4 Å². The molecule has 1 saturated heterocycles. The Kier molecular flexibility index (Phi) is 4.35. The van der Waals surface area contributed by atoms with E-state index in [1.165, 1.54) is 6.42 Å². The van der Waals surface area contributed by atoms with Gasteiger partial charge in [-0.15, -0.1) is 0 Å². The van der Waals surface area contributed by atoms with Gasteiger partial charge in [-0.25, -0.2) is 0 Å². The first-order valence-electron chi connectivity index (χ1n) is 5.17. The second-order valence-electron chi connectivity index (χ2n) is 4.11. The van der Waals surface area contributed by atoms with Gasteiger partial charge in [0, 0.05) is 25.6 Å². The lowest BCUT2D eigenvalue weighted by Gasteiger charge is -2.24. The standard InChI is InChI=1S/C10H20N2O2/c1-10(5-3-6-12-10)8-11-9(13)4-7-14-2/h12H,3-8H2,1-2H3,(H,11,13). The molecule has 14 heavy (non-hydrogen) atoms. The minimum absolute atomic E-state index is 0.0711. The molecule has 0 aliphatic carbocycles. The van der Waals surface area contributed by atoms with Gasteiger partial charge in [-0.05, 0) is 26.3 Å². The molecule has 0 saturated carbocycles. The van der Waals surface area contributed by atoms with Gasteiger partial charge in [-0.2, -0.15) is 0 Å². The van der Waals surface area contributed by atoms with Gasteiger partial charge in [0.2, 0.25) is 5.91 Å². The van der Waals surface area contributed by atoms with Gasteiger partial charge in [-0.3, -0.25) is 4.79 Å². The van der Waals surface area contributed by atoms with Gasteiger partial charge in [0.15, 0.2) is 0 Å². The average molecular weight is 200 g/mol. The minimum Gasteiger partial charge on any atom is -0.384 e. The lowest BCUT2D eigenvalue weighted by atomic mass is 10.0. The fourth-order valence-electron chi connectivity index (χ4n) is 1.68. The Morgan fingerprint density at radius 1 is 1.64 bits per heavy atom. The topological polar surface area (TPSA) is 50.4 Å². The van der Waals surface area contributed by atoms with Crippen molar-refractivity contribution in [3.8, 4) is 0 Å². The molecule has 4 nitrogen and oxygen atoms in total. The molecule has 1 fully saturated rings. The Balaban J connectivity index is 2.15. The van der Waals surface area contributed by atoms with Gasteiger partial charge in [0.25, 0.3) is 0 Å². The highest BCUT2D eigenvalue weighted by Crippen LogP contribution is 2.16. The molecule has 1 atom stereocenters.